The molecule has 0 aromatic rings. The molecule has 1 aliphatic heterocycles. The number of methoxy groups -OCH3 is 1. The van der Waals surface area contributed by atoms with Crippen LogP contribution in [0.15, 0.2) is 0 Å². The summed E-state index contributed by atoms with van der Waals surface area (Å²) in [6.07, 6.45) is 3.00. The van der Waals surface area contributed by atoms with Crippen molar-refractivity contribution in [2.24, 2.45) is 11.7 Å². The van der Waals surface area contributed by atoms with Crippen LogP contribution in [0.4, 0.5) is 0 Å². The fraction of sp³-hybridized carbons (Fsp3) is 0.900. The van der Waals surface area contributed by atoms with Crippen molar-refractivity contribution in [1.82, 2.24) is 4.90 Å². The van der Waals surface area contributed by atoms with E-state index in [1.54, 1.807) is 0 Å². The van der Waals surface area contributed by atoms with E-state index >= 15 is 0 Å². The highest BCUT2D eigenvalue weighted by atomic mass is 16.5. The van der Waals surface area contributed by atoms with E-state index in [1.165, 1.54) is 13.5 Å². The number of likely N-dealkylation sites (tertiary alicyclic amines) is 1. The standard InChI is InChI=1S/C10H20N2O2/c1-12-6-5-8(7-12)3-4-9(11)10(13)14-2/h8-9H,3-7,11H2,1-2H3. The zero-order chi connectivity index (χ0) is 10.6. The van der Waals surface area contributed by atoms with Crippen LogP contribution in [0, 0.1) is 5.92 Å². The Labute approximate surface area is 85.4 Å². The molecule has 1 heterocycles. The predicted molar refractivity (Wildman–Crippen MR) is 54.8 cm³/mol. The predicted octanol–water partition coefficient (Wildman–Crippen LogP) is 0.219. The van der Waals surface area contributed by atoms with Gasteiger partial charge in [-0.05, 0) is 38.8 Å². The zero-order valence-electron chi connectivity index (χ0n) is 9.03. The minimum absolute atomic E-state index is 0.295. The van der Waals surface area contributed by atoms with Gasteiger partial charge in [0.15, 0.2) is 0 Å². The number of nitrogens with zero attached hydrogens (tertiary/aromatic N) is 1. The number of nitrogens with two attached hydrogens (primary N) is 1. The number of esters is 1. The molecule has 0 aliphatic carbocycles. The van der Waals surface area contributed by atoms with Gasteiger partial charge in [-0.25, -0.2) is 0 Å². The molecule has 2 unspecified atom stereocenters. The summed E-state index contributed by atoms with van der Waals surface area (Å²) in [5.41, 5.74) is 5.65. The van der Waals surface area contributed by atoms with E-state index < -0.39 is 6.04 Å². The smallest absolute Gasteiger partial charge is 0.322 e. The maximum absolute atomic E-state index is 11.0. The Kier molecular flexibility index (Phi) is 4.35. The molecule has 0 saturated carbocycles. The Morgan fingerprint density at radius 3 is 2.93 bits per heavy atom. The summed E-state index contributed by atoms with van der Waals surface area (Å²) < 4.78 is 4.57. The van der Waals surface area contributed by atoms with E-state index in [9.17, 15) is 4.79 Å². The molecule has 0 amide bonds. The van der Waals surface area contributed by atoms with Crippen molar-refractivity contribution >= 4 is 5.97 Å². The van der Waals surface area contributed by atoms with Crippen molar-refractivity contribution < 1.29 is 9.53 Å². The lowest BCUT2D eigenvalue weighted by atomic mass is 9.99. The summed E-state index contributed by atoms with van der Waals surface area (Å²) in [5, 5.41) is 0. The Morgan fingerprint density at radius 1 is 1.71 bits per heavy atom. The van der Waals surface area contributed by atoms with Gasteiger partial charge in [-0.1, -0.05) is 0 Å². The minimum Gasteiger partial charge on any atom is -0.468 e. The van der Waals surface area contributed by atoms with Crippen LogP contribution in [0.5, 0.6) is 0 Å². The van der Waals surface area contributed by atoms with Crippen molar-refractivity contribution in [1.29, 1.82) is 0 Å². The van der Waals surface area contributed by atoms with Gasteiger partial charge < -0.3 is 15.4 Å². The molecular weight excluding hydrogens is 180 g/mol. The molecule has 1 fully saturated rings. The molecule has 2 atom stereocenters. The molecular formula is C10H20N2O2. The quantitative estimate of drug-likeness (QED) is 0.659. The van der Waals surface area contributed by atoms with E-state index in [2.05, 4.69) is 16.7 Å². The van der Waals surface area contributed by atoms with Gasteiger partial charge in [0.25, 0.3) is 0 Å². The van der Waals surface area contributed by atoms with Gasteiger partial charge in [-0.2, -0.15) is 0 Å². The van der Waals surface area contributed by atoms with Crippen molar-refractivity contribution in [3.05, 3.63) is 0 Å². The first-order valence-corrected chi connectivity index (χ1v) is 5.15. The summed E-state index contributed by atoms with van der Waals surface area (Å²) in [4.78, 5) is 13.3. The number of carbonyl (C=O) groups is 1. The molecule has 14 heavy (non-hydrogen) atoms. The van der Waals surface area contributed by atoms with Gasteiger partial charge in [0, 0.05) is 6.54 Å². The Hall–Kier alpha value is -0.610. The molecule has 0 bridgehead atoms. The highest BCUT2D eigenvalue weighted by Gasteiger charge is 2.21. The molecule has 0 aromatic carbocycles. The van der Waals surface area contributed by atoms with Crippen LogP contribution in [0.3, 0.4) is 0 Å². The minimum atomic E-state index is -0.439. The lowest BCUT2D eigenvalue weighted by molar-refractivity contribution is -0.142. The first-order chi connectivity index (χ1) is 6.63. The normalized spacial score (nSPS) is 24.9. The molecule has 4 heteroatoms. The third-order valence-electron chi connectivity index (χ3n) is 2.88. The van der Waals surface area contributed by atoms with Crippen LogP contribution < -0.4 is 5.73 Å². The summed E-state index contributed by atoms with van der Waals surface area (Å²) in [7, 11) is 3.51. The second-order valence-corrected chi connectivity index (χ2v) is 4.12. The van der Waals surface area contributed by atoms with Crippen molar-refractivity contribution in [2.75, 3.05) is 27.2 Å². The summed E-state index contributed by atoms with van der Waals surface area (Å²) in [6, 6.07) is -0.439. The molecule has 82 valence electrons. The van der Waals surface area contributed by atoms with Gasteiger partial charge >= 0.3 is 5.97 Å². The maximum Gasteiger partial charge on any atom is 0.322 e. The van der Waals surface area contributed by atoms with Gasteiger partial charge in [-0.3, -0.25) is 4.79 Å². The molecule has 0 radical (unpaired) electrons. The van der Waals surface area contributed by atoms with E-state index in [0.717, 1.165) is 25.9 Å². The average molecular weight is 200 g/mol. The molecule has 1 saturated heterocycles. The highest BCUT2D eigenvalue weighted by molar-refractivity contribution is 5.75. The SMILES string of the molecule is COC(=O)C(N)CCC1CCN(C)C1. The average Bonchev–Trinajstić information content (AvgIpc) is 2.59. The molecule has 1 rings (SSSR count). The van der Waals surface area contributed by atoms with Crippen LogP contribution in [0.2, 0.25) is 0 Å². The Bertz CT molecular complexity index is 197. The van der Waals surface area contributed by atoms with Crippen LogP contribution in [0.1, 0.15) is 19.3 Å². The Morgan fingerprint density at radius 2 is 2.43 bits per heavy atom. The highest BCUT2D eigenvalue weighted by Crippen LogP contribution is 2.20. The third-order valence-corrected chi connectivity index (χ3v) is 2.88. The number of rotatable bonds is 4. The second kappa shape index (κ2) is 5.32. The summed E-state index contributed by atoms with van der Waals surface area (Å²) >= 11 is 0. The van der Waals surface area contributed by atoms with Gasteiger partial charge in [0.2, 0.25) is 0 Å². The van der Waals surface area contributed by atoms with Crippen LogP contribution >= 0.6 is 0 Å². The lowest BCUT2D eigenvalue weighted by Gasteiger charge is -2.13. The van der Waals surface area contributed by atoms with Gasteiger partial charge in [0.1, 0.15) is 6.04 Å². The van der Waals surface area contributed by atoms with E-state index in [0.29, 0.717) is 5.92 Å². The molecule has 2 N–H and O–H groups in total. The molecule has 0 aromatic heterocycles. The number of hydrogen-bond acceptors (Lipinski definition) is 4. The second-order valence-electron chi connectivity index (χ2n) is 4.12. The van der Waals surface area contributed by atoms with Crippen molar-refractivity contribution in [2.45, 2.75) is 25.3 Å². The summed E-state index contributed by atoms with van der Waals surface area (Å²) in [6.45, 7) is 2.30. The first kappa shape index (κ1) is 11.5. The van der Waals surface area contributed by atoms with Crippen LogP contribution in [-0.2, 0) is 9.53 Å². The van der Waals surface area contributed by atoms with Crippen LogP contribution in [0.25, 0.3) is 0 Å². The van der Waals surface area contributed by atoms with E-state index in [-0.39, 0.29) is 5.97 Å². The molecule has 1 aliphatic rings. The Balaban J connectivity index is 2.17. The number of hydrogen-bond donors (Lipinski definition) is 1. The number of carbonyl (C=O) groups excluding carboxylic acids is 1. The monoisotopic (exact) mass is 200 g/mol. The molecule has 4 nitrogen and oxygen atoms in total. The molecule has 0 spiro atoms. The first-order valence-electron chi connectivity index (χ1n) is 5.15. The van der Waals surface area contributed by atoms with E-state index in [1.807, 2.05) is 0 Å². The van der Waals surface area contributed by atoms with E-state index in [4.69, 9.17) is 5.73 Å². The maximum atomic E-state index is 11.0. The van der Waals surface area contributed by atoms with Crippen molar-refractivity contribution in [3.63, 3.8) is 0 Å². The van der Waals surface area contributed by atoms with Crippen molar-refractivity contribution in [3.8, 4) is 0 Å². The zero-order valence-corrected chi connectivity index (χ0v) is 9.03. The van der Waals surface area contributed by atoms with Gasteiger partial charge in [-0.15, -0.1) is 0 Å². The number of ether oxygens (including phenoxy) is 1. The lowest BCUT2D eigenvalue weighted by Crippen LogP contribution is -2.32. The van der Waals surface area contributed by atoms with Gasteiger partial charge in [0.05, 0.1) is 7.11 Å². The fourth-order valence-corrected chi connectivity index (χ4v) is 1.95. The topological polar surface area (TPSA) is 55.6 Å². The van der Waals surface area contributed by atoms with Crippen LogP contribution in [-0.4, -0.2) is 44.2 Å². The third kappa shape index (κ3) is 3.27. The largest absolute Gasteiger partial charge is 0.468 e. The summed E-state index contributed by atoms with van der Waals surface area (Å²) in [5.74, 6) is 0.409. The fourth-order valence-electron chi connectivity index (χ4n) is 1.95.